The molecular formula is C10H12Cl2FNO2. The van der Waals surface area contributed by atoms with Crippen LogP contribution in [0, 0.1) is 5.82 Å². The predicted octanol–water partition coefficient (Wildman–Crippen LogP) is 2.46. The van der Waals surface area contributed by atoms with E-state index in [1.807, 2.05) is 0 Å². The number of hydrogen-bond acceptors (Lipinski definition) is 2. The van der Waals surface area contributed by atoms with Crippen LogP contribution in [0.2, 0.25) is 5.02 Å². The first-order valence-corrected chi connectivity index (χ1v) is 4.79. The summed E-state index contributed by atoms with van der Waals surface area (Å²) in [5.74, 6) is -1.42. The van der Waals surface area contributed by atoms with Crippen molar-refractivity contribution in [3.8, 4) is 0 Å². The number of aliphatic carboxylic acids is 1. The van der Waals surface area contributed by atoms with Gasteiger partial charge in [0.15, 0.2) is 0 Å². The van der Waals surface area contributed by atoms with Crippen LogP contribution in [0.15, 0.2) is 18.2 Å². The number of benzene rings is 1. The molecule has 0 aliphatic heterocycles. The Kier molecular flexibility index (Phi) is 6.33. The maximum absolute atomic E-state index is 13.2. The van der Waals surface area contributed by atoms with E-state index in [1.54, 1.807) is 6.07 Å². The van der Waals surface area contributed by atoms with Crippen molar-refractivity contribution in [1.29, 1.82) is 0 Å². The number of nitrogens with one attached hydrogen (secondary N) is 1. The van der Waals surface area contributed by atoms with E-state index >= 15 is 0 Å². The molecule has 0 aliphatic carbocycles. The maximum Gasteiger partial charge on any atom is 0.320 e. The van der Waals surface area contributed by atoms with Gasteiger partial charge in [0.2, 0.25) is 0 Å². The zero-order valence-corrected chi connectivity index (χ0v) is 10.1. The summed E-state index contributed by atoms with van der Waals surface area (Å²) in [5.41, 5.74) is 0.285. The van der Waals surface area contributed by atoms with Crippen LogP contribution in [0.3, 0.4) is 0 Å². The van der Waals surface area contributed by atoms with Crippen LogP contribution in [0.25, 0.3) is 0 Å². The number of carboxylic acids is 1. The maximum atomic E-state index is 13.2. The van der Waals surface area contributed by atoms with E-state index in [1.165, 1.54) is 19.1 Å². The molecule has 0 amide bonds. The Labute approximate surface area is 104 Å². The van der Waals surface area contributed by atoms with Crippen LogP contribution >= 0.6 is 24.0 Å². The fraction of sp³-hybridized carbons (Fsp3) is 0.300. The molecule has 1 atom stereocenters. The first-order chi connectivity index (χ1) is 7.02. The molecule has 1 aromatic carbocycles. The second kappa shape index (κ2) is 6.68. The lowest BCUT2D eigenvalue weighted by molar-refractivity contribution is -0.139. The lowest BCUT2D eigenvalue weighted by Crippen LogP contribution is -2.33. The van der Waals surface area contributed by atoms with Gasteiger partial charge in [0.1, 0.15) is 11.9 Å². The Hall–Kier alpha value is -0.840. The average Bonchev–Trinajstić information content (AvgIpc) is 2.16. The molecule has 3 nitrogen and oxygen atoms in total. The monoisotopic (exact) mass is 267 g/mol. The average molecular weight is 268 g/mol. The Morgan fingerprint density at radius 1 is 1.62 bits per heavy atom. The van der Waals surface area contributed by atoms with Crippen LogP contribution in [-0.2, 0) is 11.3 Å². The molecule has 1 rings (SSSR count). The molecule has 1 aromatic rings. The highest BCUT2D eigenvalue weighted by atomic mass is 35.5. The molecule has 6 heteroatoms. The molecule has 0 saturated carbocycles. The van der Waals surface area contributed by atoms with Gasteiger partial charge in [0, 0.05) is 17.1 Å². The van der Waals surface area contributed by atoms with Crippen molar-refractivity contribution in [3.63, 3.8) is 0 Å². The van der Waals surface area contributed by atoms with Crippen LogP contribution in [0.4, 0.5) is 4.39 Å². The molecule has 90 valence electrons. The lowest BCUT2D eigenvalue weighted by atomic mass is 10.2. The van der Waals surface area contributed by atoms with Gasteiger partial charge in [-0.1, -0.05) is 17.7 Å². The van der Waals surface area contributed by atoms with Crippen LogP contribution in [0.1, 0.15) is 12.5 Å². The summed E-state index contributed by atoms with van der Waals surface area (Å²) in [4.78, 5) is 10.5. The summed E-state index contributed by atoms with van der Waals surface area (Å²) in [6.45, 7) is 1.58. The summed E-state index contributed by atoms with van der Waals surface area (Å²) >= 11 is 5.77. The fourth-order valence-electron chi connectivity index (χ4n) is 1.04. The van der Waals surface area contributed by atoms with Crippen molar-refractivity contribution >= 4 is 30.0 Å². The van der Waals surface area contributed by atoms with Crippen molar-refractivity contribution in [1.82, 2.24) is 5.32 Å². The number of hydrogen-bond donors (Lipinski definition) is 2. The molecule has 0 spiro atoms. The molecule has 2 N–H and O–H groups in total. The van der Waals surface area contributed by atoms with Gasteiger partial charge in [0.25, 0.3) is 0 Å². The summed E-state index contributed by atoms with van der Waals surface area (Å²) in [6, 6.07) is 3.61. The van der Waals surface area contributed by atoms with Gasteiger partial charge >= 0.3 is 5.97 Å². The third-order valence-electron chi connectivity index (χ3n) is 2.02. The molecule has 0 bridgehead atoms. The minimum absolute atomic E-state index is 0. The fourth-order valence-corrected chi connectivity index (χ4v) is 1.27. The second-order valence-corrected chi connectivity index (χ2v) is 3.55. The number of halogens is 3. The number of rotatable bonds is 4. The highest BCUT2D eigenvalue weighted by molar-refractivity contribution is 6.31. The lowest BCUT2D eigenvalue weighted by Gasteiger charge is -2.10. The topological polar surface area (TPSA) is 49.3 Å². The molecule has 0 heterocycles. The Bertz CT molecular complexity index is 354. The number of carbonyl (C=O) groups is 1. The molecule has 0 fully saturated rings. The highest BCUT2D eigenvalue weighted by Crippen LogP contribution is 2.18. The van der Waals surface area contributed by atoms with Gasteiger partial charge in [-0.3, -0.25) is 4.79 Å². The smallest absolute Gasteiger partial charge is 0.320 e. The van der Waals surface area contributed by atoms with Crippen LogP contribution in [-0.4, -0.2) is 17.1 Å². The minimum Gasteiger partial charge on any atom is -0.480 e. The molecule has 0 radical (unpaired) electrons. The normalized spacial score (nSPS) is 11.7. The van der Waals surface area contributed by atoms with Crippen molar-refractivity contribution in [2.45, 2.75) is 19.5 Å². The molecule has 0 aromatic heterocycles. The van der Waals surface area contributed by atoms with E-state index < -0.39 is 17.8 Å². The van der Waals surface area contributed by atoms with Gasteiger partial charge < -0.3 is 10.4 Å². The number of carboxylic acid groups (broad SMARTS) is 1. The highest BCUT2D eigenvalue weighted by Gasteiger charge is 2.12. The summed E-state index contributed by atoms with van der Waals surface area (Å²) in [7, 11) is 0. The van der Waals surface area contributed by atoms with Gasteiger partial charge in [-0.25, -0.2) is 4.39 Å². The van der Waals surface area contributed by atoms with Crippen LogP contribution in [0.5, 0.6) is 0 Å². The van der Waals surface area contributed by atoms with Crippen molar-refractivity contribution in [2.24, 2.45) is 0 Å². The summed E-state index contributed by atoms with van der Waals surface area (Å²) in [6.07, 6.45) is 0. The zero-order chi connectivity index (χ0) is 11.4. The molecular weight excluding hydrogens is 256 g/mol. The second-order valence-electron chi connectivity index (χ2n) is 3.14. The van der Waals surface area contributed by atoms with Gasteiger partial charge in [-0.15, -0.1) is 12.4 Å². The Morgan fingerprint density at radius 2 is 2.25 bits per heavy atom. The van der Waals surface area contributed by atoms with E-state index in [0.29, 0.717) is 5.02 Å². The van der Waals surface area contributed by atoms with Crippen molar-refractivity contribution < 1.29 is 14.3 Å². The third-order valence-corrected chi connectivity index (χ3v) is 2.37. The van der Waals surface area contributed by atoms with Gasteiger partial charge in [-0.2, -0.15) is 0 Å². The SMILES string of the molecule is CC(NCc1c(F)cccc1Cl)C(=O)O.Cl. The first kappa shape index (κ1) is 15.2. The van der Waals surface area contributed by atoms with Gasteiger partial charge in [-0.05, 0) is 19.1 Å². The molecule has 0 aliphatic rings. The first-order valence-electron chi connectivity index (χ1n) is 4.41. The third kappa shape index (κ3) is 3.96. The Morgan fingerprint density at radius 3 is 2.75 bits per heavy atom. The standard InChI is InChI=1S/C10H11ClFNO2.ClH/c1-6(10(14)15)13-5-7-8(11)3-2-4-9(7)12;/h2-4,6,13H,5H2,1H3,(H,14,15);1H. The van der Waals surface area contributed by atoms with Crippen LogP contribution < -0.4 is 5.32 Å². The van der Waals surface area contributed by atoms with E-state index in [-0.39, 0.29) is 24.5 Å². The van der Waals surface area contributed by atoms with E-state index in [2.05, 4.69) is 5.32 Å². The summed E-state index contributed by atoms with van der Waals surface area (Å²) < 4.78 is 13.2. The Balaban J connectivity index is 0.00000225. The molecule has 0 saturated heterocycles. The minimum atomic E-state index is -0.984. The largest absolute Gasteiger partial charge is 0.480 e. The quantitative estimate of drug-likeness (QED) is 0.881. The van der Waals surface area contributed by atoms with E-state index in [9.17, 15) is 9.18 Å². The zero-order valence-electron chi connectivity index (χ0n) is 8.54. The van der Waals surface area contributed by atoms with Gasteiger partial charge in [0.05, 0.1) is 0 Å². The molecule has 16 heavy (non-hydrogen) atoms. The van der Waals surface area contributed by atoms with E-state index in [4.69, 9.17) is 16.7 Å². The van der Waals surface area contributed by atoms with Crippen molar-refractivity contribution in [2.75, 3.05) is 0 Å². The summed E-state index contributed by atoms with van der Waals surface area (Å²) in [5, 5.41) is 11.6. The molecule has 1 unspecified atom stereocenters. The van der Waals surface area contributed by atoms with Crippen molar-refractivity contribution in [3.05, 3.63) is 34.6 Å². The van der Waals surface area contributed by atoms with E-state index in [0.717, 1.165) is 0 Å². The predicted molar refractivity (Wildman–Crippen MR) is 62.6 cm³/mol.